The van der Waals surface area contributed by atoms with Crippen LogP contribution in [0.3, 0.4) is 0 Å². The van der Waals surface area contributed by atoms with Crippen LogP contribution >= 0.6 is 11.3 Å². The van der Waals surface area contributed by atoms with Crippen molar-refractivity contribution in [1.82, 2.24) is 25.1 Å². The molecule has 0 saturated heterocycles. The van der Waals surface area contributed by atoms with Crippen LogP contribution in [-0.2, 0) is 6.54 Å². The molecule has 3 heterocycles. The second-order valence-corrected chi connectivity index (χ2v) is 5.02. The summed E-state index contributed by atoms with van der Waals surface area (Å²) in [6.07, 6.45) is 3.01. The van der Waals surface area contributed by atoms with E-state index in [2.05, 4.69) is 20.5 Å². The molecule has 0 aliphatic rings. The molecule has 0 aliphatic heterocycles. The van der Waals surface area contributed by atoms with Crippen molar-refractivity contribution in [3.63, 3.8) is 0 Å². The van der Waals surface area contributed by atoms with Crippen molar-refractivity contribution in [3.8, 4) is 0 Å². The average Bonchev–Trinajstić information content (AvgIpc) is 3.11. The number of hydrogen-bond donors (Lipinski definition) is 2. The number of carbonyl (C=O) groups excluding carboxylic acids is 1. The van der Waals surface area contributed by atoms with E-state index in [4.69, 9.17) is 0 Å². The summed E-state index contributed by atoms with van der Waals surface area (Å²) >= 11 is 1.37. The summed E-state index contributed by atoms with van der Waals surface area (Å²) in [5.74, 6) is -0.249. The molecule has 1 amide bonds. The molecule has 0 spiro atoms. The number of aromatic amines is 1. The van der Waals surface area contributed by atoms with Crippen LogP contribution in [0.4, 0.5) is 0 Å². The van der Waals surface area contributed by atoms with Gasteiger partial charge in [-0.1, -0.05) is 0 Å². The van der Waals surface area contributed by atoms with Gasteiger partial charge in [0.15, 0.2) is 0 Å². The number of nitrogens with zero attached hydrogens (tertiary/aromatic N) is 3. The molecule has 7 nitrogen and oxygen atoms in total. The lowest BCUT2D eigenvalue weighted by Gasteiger charge is -2.06. The Labute approximate surface area is 117 Å². The van der Waals surface area contributed by atoms with Crippen molar-refractivity contribution in [2.75, 3.05) is 6.54 Å². The number of aromatic nitrogens is 4. The van der Waals surface area contributed by atoms with Gasteiger partial charge < -0.3 is 5.32 Å². The summed E-state index contributed by atoms with van der Waals surface area (Å²) in [5.41, 5.74) is 1.02. The number of amides is 1. The summed E-state index contributed by atoms with van der Waals surface area (Å²) in [6, 6.07) is 3.40. The second kappa shape index (κ2) is 5.25. The van der Waals surface area contributed by atoms with Gasteiger partial charge in [0.05, 0.1) is 11.8 Å². The first-order valence-corrected chi connectivity index (χ1v) is 6.84. The van der Waals surface area contributed by atoms with Gasteiger partial charge in [-0.3, -0.25) is 19.3 Å². The third kappa shape index (κ3) is 2.32. The molecule has 0 aromatic carbocycles. The molecule has 20 heavy (non-hydrogen) atoms. The normalized spacial score (nSPS) is 10.8. The van der Waals surface area contributed by atoms with Crippen molar-refractivity contribution in [3.05, 3.63) is 46.1 Å². The van der Waals surface area contributed by atoms with Crippen LogP contribution in [0.5, 0.6) is 0 Å². The Hall–Kier alpha value is -2.48. The first-order valence-electron chi connectivity index (χ1n) is 5.96. The first kappa shape index (κ1) is 12.5. The highest BCUT2D eigenvalue weighted by Gasteiger charge is 2.07. The average molecular weight is 289 g/mol. The summed E-state index contributed by atoms with van der Waals surface area (Å²) in [4.78, 5) is 28.0. The molecular weight excluding hydrogens is 278 g/mol. The van der Waals surface area contributed by atoms with E-state index in [-0.39, 0.29) is 11.5 Å². The number of H-pyrrole nitrogens is 1. The topological polar surface area (TPSA) is 92.7 Å². The first-order chi connectivity index (χ1) is 9.75. The zero-order valence-corrected chi connectivity index (χ0v) is 11.2. The van der Waals surface area contributed by atoms with Crippen molar-refractivity contribution < 1.29 is 4.79 Å². The number of carbonyl (C=O) groups is 1. The summed E-state index contributed by atoms with van der Waals surface area (Å²) in [6.45, 7) is 0.718. The number of thiophene rings is 1. The van der Waals surface area contributed by atoms with Crippen LogP contribution in [0, 0.1) is 0 Å². The fraction of sp³-hybridized carbons (Fsp3) is 0.167. The maximum atomic E-state index is 12.1. The van der Waals surface area contributed by atoms with Gasteiger partial charge in [-0.2, -0.15) is 5.10 Å². The number of hydrogen-bond acceptors (Lipinski definition) is 5. The van der Waals surface area contributed by atoms with Crippen LogP contribution < -0.4 is 10.9 Å². The maximum Gasteiger partial charge on any atom is 0.271 e. The zero-order valence-electron chi connectivity index (χ0n) is 10.4. The van der Waals surface area contributed by atoms with Gasteiger partial charge in [-0.05, 0) is 17.5 Å². The lowest BCUT2D eigenvalue weighted by Crippen LogP contribution is -2.31. The van der Waals surface area contributed by atoms with E-state index in [9.17, 15) is 9.59 Å². The number of nitrogens with one attached hydrogen (secondary N) is 2. The Kier molecular flexibility index (Phi) is 3.30. The van der Waals surface area contributed by atoms with Crippen molar-refractivity contribution in [2.45, 2.75) is 6.54 Å². The molecule has 0 bridgehead atoms. The molecule has 3 aromatic rings. The predicted molar refractivity (Wildman–Crippen MR) is 74.8 cm³/mol. The monoisotopic (exact) mass is 289 g/mol. The van der Waals surface area contributed by atoms with Crippen LogP contribution in [0.25, 0.3) is 10.2 Å². The largest absolute Gasteiger partial charge is 0.349 e. The van der Waals surface area contributed by atoms with E-state index in [1.807, 2.05) is 11.4 Å². The molecule has 0 fully saturated rings. The highest BCUT2D eigenvalue weighted by molar-refractivity contribution is 7.17. The van der Waals surface area contributed by atoms with Gasteiger partial charge in [0.2, 0.25) is 0 Å². The third-order valence-corrected chi connectivity index (χ3v) is 3.71. The van der Waals surface area contributed by atoms with E-state index in [0.717, 1.165) is 0 Å². The van der Waals surface area contributed by atoms with Gasteiger partial charge in [-0.25, -0.2) is 4.98 Å². The Balaban J connectivity index is 1.67. The minimum atomic E-state index is -0.249. The van der Waals surface area contributed by atoms with Crippen molar-refractivity contribution >= 4 is 27.5 Å². The van der Waals surface area contributed by atoms with Crippen molar-refractivity contribution in [2.24, 2.45) is 0 Å². The Bertz CT molecular complexity index is 790. The van der Waals surface area contributed by atoms with Gasteiger partial charge in [0, 0.05) is 19.3 Å². The molecular formula is C12H11N5O2S. The summed E-state index contributed by atoms with van der Waals surface area (Å²) < 4.78 is 2.12. The zero-order chi connectivity index (χ0) is 13.9. The van der Waals surface area contributed by atoms with Gasteiger partial charge >= 0.3 is 0 Å². The van der Waals surface area contributed by atoms with E-state index >= 15 is 0 Å². The predicted octanol–water partition coefficient (Wildman–Crippen LogP) is 0.611. The van der Waals surface area contributed by atoms with Crippen LogP contribution in [0.1, 0.15) is 10.5 Å². The molecule has 3 aromatic heterocycles. The quantitative estimate of drug-likeness (QED) is 0.736. The molecule has 0 atom stereocenters. The smallest absolute Gasteiger partial charge is 0.271 e. The minimum absolute atomic E-state index is 0.0826. The Morgan fingerprint density at radius 1 is 1.45 bits per heavy atom. The molecule has 3 rings (SSSR count). The lowest BCUT2D eigenvalue weighted by molar-refractivity contribution is 0.0947. The van der Waals surface area contributed by atoms with Crippen molar-refractivity contribution in [1.29, 1.82) is 0 Å². The SMILES string of the molecule is O=C(NCCn1cnc2ccsc2c1=O)c1ccn[nH]1. The third-order valence-electron chi connectivity index (χ3n) is 2.82. The highest BCUT2D eigenvalue weighted by atomic mass is 32.1. The van der Waals surface area contributed by atoms with Crippen LogP contribution in [0.2, 0.25) is 0 Å². The van der Waals surface area contributed by atoms with E-state index in [1.54, 1.807) is 6.07 Å². The molecule has 0 saturated carbocycles. The second-order valence-electron chi connectivity index (χ2n) is 4.10. The van der Waals surface area contributed by atoms with Crippen LogP contribution in [0.15, 0.2) is 34.8 Å². The molecule has 0 aliphatic carbocycles. The molecule has 8 heteroatoms. The van der Waals surface area contributed by atoms with E-state index in [0.29, 0.717) is 29.0 Å². The molecule has 0 unspecified atom stereocenters. The lowest BCUT2D eigenvalue weighted by atomic mass is 10.4. The van der Waals surface area contributed by atoms with Gasteiger partial charge in [-0.15, -0.1) is 11.3 Å². The summed E-state index contributed by atoms with van der Waals surface area (Å²) in [5, 5.41) is 10.8. The Morgan fingerprint density at radius 2 is 2.35 bits per heavy atom. The fourth-order valence-electron chi connectivity index (χ4n) is 1.81. The molecule has 102 valence electrons. The standard InChI is InChI=1S/C12H11N5O2S/c18-11(9-1-3-15-16-9)13-4-5-17-7-14-8-2-6-20-10(8)12(17)19/h1-3,6-7H,4-5H2,(H,13,18)(H,15,16). The molecule has 2 N–H and O–H groups in total. The molecule has 0 radical (unpaired) electrons. The maximum absolute atomic E-state index is 12.1. The van der Waals surface area contributed by atoms with E-state index < -0.39 is 0 Å². The Morgan fingerprint density at radius 3 is 3.15 bits per heavy atom. The van der Waals surface area contributed by atoms with Gasteiger partial charge in [0.1, 0.15) is 10.4 Å². The number of fused-ring (bicyclic) bond motifs is 1. The minimum Gasteiger partial charge on any atom is -0.349 e. The number of rotatable bonds is 4. The highest BCUT2D eigenvalue weighted by Crippen LogP contribution is 2.12. The van der Waals surface area contributed by atoms with Crippen LogP contribution in [-0.4, -0.2) is 32.2 Å². The van der Waals surface area contributed by atoms with Gasteiger partial charge in [0.25, 0.3) is 11.5 Å². The summed E-state index contributed by atoms with van der Waals surface area (Å²) in [7, 11) is 0. The fourth-order valence-corrected chi connectivity index (χ4v) is 2.60. The van der Waals surface area contributed by atoms with E-state index in [1.165, 1.54) is 28.4 Å².